The first-order chi connectivity index (χ1) is 10.3. The molecule has 0 spiro atoms. The van der Waals surface area contributed by atoms with E-state index in [0.29, 0.717) is 25.3 Å². The SMILES string of the molecule is CCOc1ccccc1OCCN1C(C)CCCC1CN. The van der Waals surface area contributed by atoms with E-state index in [2.05, 4.69) is 11.8 Å². The van der Waals surface area contributed by atoms with Gasteiger partial charge in [-0.05, 0) is 38.8 Å². The zero-order chi connectivity index (χ0) is 15.1. The molecule has 1 heterocycles. The van der Waals surface area contributed by atoms with E-state index >= 15 is 0 Å². The van der Waals surface area contributed by atoms with Crippen molar-refractivity contribution in [2.75, 3.05) is 26.3 Å². The van der Waals surface area contributed by atoms with Crippen molar-refractivity contribution in [2.45, 2.75) is 45.2 Å². The maximum Gasteiger partial charge on any atom is 0.161 e. The zero-order valence-corrected chi connectivity index (χ0v) is 13.3. The number of likely N-dealkylation sites (tertiary alicyclic amines) is 1. The number of hydrogen-bond acceptors (Lipinski definition) is 4. The average Bonchev–Trinajstić information content (AvgIpc) is 2.50. The highest BCUT2D eigenvalue weighted by molar-refractivity contribution is 5.39. The van der Waals surface area contributed by atoms with Gasteiger partial charge in [0.2, 0.25) is 0 Å². The second-order valence-electron chi connectivity index (χ2n) is 5.64. The van der Waals surface area contributed by atoms with E-state index in [-0.39, 0.29) is 0 Å². The topological polar surface area (TPSA) is 47.7 Å². The maximum atomic E-state index is 5.93. The molecule has 2 unspecified atom stereocenters. The number of nitrogens with zero attached hydrogens (tertiary/aromatic N) is 1. The predicted molar refractivity (Wildman–Crippen MR) is 86.0 cm³/mol. The Labute approximate surface area is 128 Å². The van der Waals surface area contributed by atoms with E-state index in [0.717, 1.165) is 24.6 Å². The third-order valence-electron chi connectivity index (χ3n) is 4.22. The molecular weight excluding hydrogens is 264 g/mol. The lowest BCUT2D eigenvalue weighted by atomic mass is 9.96. The van der Waals surface area contributed by atoms with E-state index < -0.39 is 0 Å². The van der Waals surface area contributed by atoms with Crippen LogP contribution in [0.3, 0.4) is 0 Å². The van der Waals surface area contributed by atoms with Crippen LogP contribution in [0.15, 0.2) is 24.3 Å². The lowest BCUT2D eigenvalue weighted by molar-refractivity contribution is 0.0793. The van der Waals surface area contributed by atoms with Crippen LogP contribution in [-0.4, -0.2) is 43.3 Å². The van der Waals surface area contributed by atoms with E-state index in [9.17, 15) is 0 Å². The molecule has 1 aliphatic rings. The average molecular weight is 292 g/mol. The normalized spacial score (nSPS) is 23.0. The summed E-state index contributed by atoms with van der Waals surface area (Å²) in [7, 11) is 0. The Hall–Kier alpha value is -1.26. The molecule has 4 nitrogen and oxygen atoms in total. The predicted octanol–water partition coefficient (Wildman–Crippen LogP) is 2.67. The third kappa shape index (κ3) is 4.35. The number of rotatable bonds is 7. The molecule has 21 heavy (non-hydrogen) atoms. The highest BCUT2D eigenvalue weighted by atomic mass is 16.5. The summed E-state index contributed by atoms with van der Waals surface area (Å²) in [5.74, 6) is 1.65. The van der Waals surface area contributed by atoms with Crippen LogP contribution in [-0.2, 0) is 0 Å². The molecule has 4 heteroatoms. The Morgan fingerprint density at radius 1 is 1.19 bits per heavy atom. The summed E-state index contributed by atoms with van der Waals surface area (Å²) in [6.07, 6.45) is 3.75. The number of para-hydroxylation sites is 2. The number of piperidine rings is 1. The first kappa shape index (κ1) is 16.1. The highest BCUT2D eigenvalue weighted by Crippen LogP contribution is 2.27. The van der Waals surface area contributed by atoms with Crippen molar-refractivity contribution in [1.29, 1.82) is 0 Å². The molecule has 1 aromatic carbocycles. The third-order valence-corrected chi connectivity index (χ3v) is 4.22. The van der Waals surface area contributed by atoms with Gasteiger partial charge in [-0.25, -0.2) is 0 Å². The Morgan fingerprint density at radius 2 is 1.90 bits per heavy atom. The van der Waals surface area contributed by atoms with Gasteiger partial charge in [-0.3, -0.25) is 4.90 Å². The molecule has 0 aromatic heterocycles. The fraction of sp³-hybridized carbons (Fsp3) is 0.647. The van der Waals surface area contributed by atoms with Gasteiger partial charge in [-0.15, -0.1) is 0 Å². The zero-order valence-electron chi connectivity index (χ0n) is 13.3. The Kier molecular flexibility index (Phi) is 6.33. The van der Waals surface area contributed by atoms with Crippen LogP contribution in [0.5, 0.6) is 11.5 Å². The molecule has 0 amide bonds. The second kappa shape index (κ2) is 8.25. The van der Waals surface area contributed by atoms with Crippen molar-refractivity contribution in [3.05, 3.63) is 24.3 Å². The largest absolute Gasteiger partial charge is 0.490 e. The van der Waals surface area contributed by atoms with Crippen molar-refractivity contribution in [3.8, 4) is 11.5 Å². The van der Waals surface area contributed by atoms with Crippen molar-refractivity contribution < 1.29 is 9.47 Å². The van der Waals surface area contributed by atoms with Gasteiger partial charge >= 0.3 is 0 Å². The van der Waals surface area contributed by atoms with Crippen LogP contribution >= 0.6 is 0 Å². The molecule has 1 saturated heterocycles. The highest BCUT2D eigenvalue weighted by Gasteiger charge is 2.26. The van der Waals surface area contributed by atoms with Gasteiger partial charge in [-0.1, -0.05) is 18.6 Å². The second-order valence-corrected chi connectivity index (χ2v) is 5.64. The molecule has 2 atom stereocenters. The van der Waals surface area contributed by atoms with Crippen LogP contribution in [0.25, 0.3) is 0 Å². The maximum absolute atomic E-state index is 5.93. The first-order valence-corrected chi connectivity index (χ1v) is 8.06. The molecular formula is C17H28N2O2. The van der Waals surface area contributed by atoms with Crippen LogP contribution in [0.4, 0.5) is 0 Å². The lowest BCUT2D eigenvalue weighted by Crippen LogP contribution is -2.50. The molecule has 1 aromatic rings. The first-order valence-electron chi connectivity index (χ1n) is 8.06. The van der Waals surface area contributed by atoms with E-state index in [4.69, 9.17) is 15.2 Å². The molecule has 0 radical (unpaired) electrons. The molecule has 1 fully saturated rings. The molecule has 0 saturated carbocycles. The van der Waals surface area contributed by atoms with Crippen molar-refractivity contribution in [1.82, 2.24) is 4.90 Å². The van der Waals surface area contributed by atoms with E-state index in [1.54, 1.807) is 0 Å². The fourth-order valence-corrected chi connectivity index (χ4v) is 3.10. The summed E-state index contributed by atoms with van der Waals surface area (Å²) in [6, 6.07) is 8.95. The van der Waals surface area contributed by atoms with Gasteiger partial charge in [0.25, 0.3) is 0 Å². The minimum Gasteiger partial charge on any atom is -0.490 e. The van der Waals surface area contributed by atoms with Crippen LogP contribution < -0.4 is 15.2 Å². The van der Waals surface area contributed by atoms with Crippen LogP contribution in [0, 0.1) is 0 Å². The monoisotopic (exact) mass is 292 g/mol. The van der Waals surface area contributed by atoms with Crippen LogP contribution in [0.2, 0.25) is 0 Å². The van der Waals surface area contributed by atoms with Crippen molar-refractivity contribution >= 4 is 0 Å². The summed E-state index contributed by atoms with van der Waals surface area (Å²) in [5.41, 5.74) is 5.90. The number of ether oxygens (including phenoxy) is 2. The summed E-state index contributed by atoms with van der Waals surface area (Å²) >= 11 is 0. The number of nitrogens with two attached hydrogens (primary N) is 1. The minimum atomic E-state index is 0.500. The molecule has 1 aliphatic heterocycles. The summed E-state index contributed by atoms with van der Waals surface area (Å²) < 4.78 is 11.5. The van der Waals surface area contributed by atoms with Crippen LogP contribution in [0.1, 0.15) is 33.1 Å². The summed E-state index contributed by atoms with van der Waals surface area (Å²) in [5, 5.41) is 0. The summed E-state index contributed by atoms with van der Waals surface area (Å²) in [4.78, 5) is 2.49. The van der Waals surface area contributed by atoms with Gasteiger partial charge in [0.15, 0.2) is 11.5 Å². The molecule has 2 N–H and O–H groups in total. The van der Waals surface area contributed by atoms with Gasteiger partial charge in [0.1, 0.15) is 6.61 Å². The van der Waals surface area contributed by atoms with Gasteiger partial charge in [0.05, 0.1) is 6.61 Å². The Morgan fingerprint density at radius 3 is 2.57 bits per heavy atom. The number of hydrogen-bond donors (Lipinski definition) is 1. The fourth-order valence-electron chi connectivity index (χ4n) is 3.10. The van der Waals surface area contributed by atoms with Crippen molar-refractivity contribution in [3.63, 3.8) is 0 Å². The van der Waals surface area contributed by atoms with Crippen molar-refractivity contribution in [2.24, 2.45) is 5.73 Å². The standard InChI is InChI=1S/C17H28N2O2/c1-3-20-16-9-4-5-10-17(16)21-12-11-19-14(2)7-6-8-15(19)13-18/h4-5,9-10,14-15H,3,6-8,11-13,18H2,1-2H3. The Bertz CT molecular complexity index is 425. The minimum absolute atomic E-state index is 0.500. The van der Waals surface area contributed by atoms with E-state index in [1.165, 1.54) is 19.3 Å². The number of benzene rings is 1. The quantitative estimate of drug-likeness (QED) is 0.839. The molecule has 0 aliphatic carbocycles. The van der Waals surface area contributed by atoms with Gasteiger partial charge in [-0.2, -0.15) is 0 Å². The molecule has 2 rings (SSSR count). The van der Waals surface area contributed by atoms with Gasteiger partial charge in [0, 0.05) is 25.2 Å². The van der Waals surface area contributed by atoms with Gasteiger partial charge < -0.3 is 15.2 Å². The molecule has 0 bridgehead atoms. The Balaban J connectivity index is 1.88. The van der Waals surface area contributed by atoms with E-state index in [1.807, 2.05) is 31.2 Å². The smallest absolute Gasteiger partial charge is 0.161 e. The lowest BCUT2D eigenvalue weighted by Gasteiger charge is -2.40. The summed E-state index contributed by atoms with van der Waals surface area (Å²) in [6.45, 7) is 7.25. The molecule has 118 valence electrons.